The Balaban J connectivity index is 0.000000158. The summed E-state index contributed by atoms with van der Waals surface area (Å²) in [6.07, 6.45) is 4.34. The molecular formula is C33H30Cl2O10S4. The van der Waals surface area contributed by atoms with E-state index in [-0.39, 0.29) is 24.9 Å². The van der Waals surface area contributed by atoms with Gasteiger partial charge in [0.2, 0.25) is 0 Å². The lowest BCUT2D eigenvalue weighted by Crippen LogP contribution is -2.15. The summed E-state index contributed by atoms with van der Waals surface area (Å²) in [5.74, 6) is 0. The summed E-state index contributed by atoms with van der Waals surface area (Å²) in [6, 6.07) is 20.8. The molecular weight excluding hydrogens is 756 g/mol. The van der Waals surface area contributed by atoms with Gasteiger partial charge in [0.05, 0.1) is 24.9 Å². The molecule has 4 aromatic rings. The maximum atomic E-state index is 12.5. The Morgan fingerprint density at radius 2 is 0.592 bits per heavy atom. The van der Waals surface area contributed by atoms with Crippen molar-refractivity contribution in [1.29, 1.82) is 0 Å². The Hall–Kier alpha value is -2.82. The SMILES string of the molecule is ClCCl.O=S1(=O)OS(=O)(=O)c2cc3ccc2CCc2ccc(cc21)CC3.O=S1(=O)OS(=O)(=O)c2cc3ccc2CCc2ccc(cc21)CC3. The second-order valence-electron chi connectivity index (χ2n) is 11.8. The van der Waals surface area contributed by atoms with Gasteiger partial charge in [0.1, 0.15) is 0 Å². The van der Waals surface area contributed by atoms with Crippen LogP contribution >= 0.6 is 23.2 Å². The van der Waals surface area contributed by atoms with E-state index in [9.17, 15) is 33.7 Å². The van der Waals surface area contributed by atoms with E-state index in [1.807, 2.05) is 24.3 Å². The first-order chi connectivity index (χ1) is 23.1. The number of rotatable bonds is 0. The van der Waals surface area contributed by atoms with Crippen LogP contribution in [0.15, 0.2) is 92.4 Å². The first-order valence-corrected chi connectivity index (χ1v) is 21.8. The first-order valence-electron chi connectivity index (χ1n) is 15.1. The van der Waals surface area contributed by atoms with E-state index in [4.69, 9.17) is 23.2 Å². The highest BCUT2D eigenvalue weighted by molar-refractivity contribution is 8.00. The molecule has 4 aliphatic rings. The predicted octanol–water partition coefficient (Wildman–Crippen LogP) is 5.38. The zero-order valence-electron chi connectivity index (χ0n) is 25.8. The van der Waals surface area contributed by atoms with Crippen LogP contribution in [0.1, 0.15) is 44.5 Å². The summed E-state index contributed by atoms with van der Waals surface area (Å²) in [4.78, 5) is -0.140. The average Bonchev–Trinajstić information content (AvgIpc) is 3.06. The number of halogens is 2. The van der Waals surface area contributed by atoms with E-state index >= 15 is 0 Å². The lowest BCUT2D eigenvalue weighted by Gasteiger charge is -2.12. The van der Waals surface area contributed by atoms with Gasteiger partial charge in [0, 0.05) is 0 Å². The minimum absolute atomic E-state index is 0.0350. The third kappa shape index (κ3) is 7.61. The number of alkyl halides is 2. The van der Waals surface area contributed by atoms with Crippen LogP contribution in [0.25, 0.3) is 0 Å². The fourth-order valence-electron chi connectivity index (χ4n) is 6.27. The maximum Gasteiger partial charge on any atom is 0.312 e. The quantitative estimate of drug-likeness (QED) is 0.213. The van der Waals surface area contributed by atoms with Gasteiger partial charge in [-0.15, -0.1) is 30.5 Å². The van der Waals surface area contributed by atoms with Crippen molar-refractivity contribution in [1.82, 2.24) is 0 Å². The molecule has 4 heterocycles. The first kappa shape index (κ1) is 36.0. The Labute approximate surface area is 296 Å². The monoisotopic (exact) mass is 784 g/mol. The van der Waals surface area contributed by atoms with Crippen LogP contribution in [-0.4, -0.2) is 39.0 Å². The normalized spacial score (nSPS) is 19.8. The van der Waals surface area contributed by atoms with Crippen molar-refractivity contribution in [2.45, 2.75) is 70.9 Å². The zero-order valence-corrected chi connectivity index (χ0v) is 30.5. The van der Waals surface area contributed by atoms with E-state index in [0.717, 1.165) is 22.3 Å². The van der Waals surface area contributed by atoms with Crippen LogP contribution in [-0.2, 0) is 99.1 Å². The van der Waals surface area contributed by atoms with E-state index in [1.165, 1.54) is 0 Å². The summed E-state index contributed by atoms with van der Waals surface area (Å²) in [6.45, 7) is 0. The highest BCUT2D eigenvalue weighted by Crippen LogP contribution is 2.34. The number of benzene rings is 4. The molecule has 0 saturated heterocycles. The van der Waals surface area contributed by atoms with E-state index < -0.39 is 40.5 Å². The van der Waals surface area contributed by atoms with Crippen molar-refractivity contribution in [3.63, 3.8) is 0 Å². The van der Waals surface area contributed by atoms with Crippen molar-refractivity contribution in [3.05, 3.63) is 117 Å². The molecule has 4 aromatic carbocycles. The smallest absolute Gasteiger partial charge is 0.193 e. The van der Waals surface area contributed by atoms with Crippen LogP contribution in [0.3, 0.4) is 0 Å². The number of fused-ring (bicyclic) bond motifs is 8. The Morgan fingerprint density at radius 3 is 0.796 bits per heavy atom. The maximum absolute atomic E-state index is 12.5. The van der Waals surface area contributed by atoms with Crippen molar-refractivity contribution in [3.8, 4) is 0 Å². The molecule has 0 unspecified atom stereocenters. The molecule has 0 atom stereocenters. The molecule has 0 saturated carbocycles. The molecule has 0 amide bonds. The fraction of sp³-hybridized carbons (Fsp3) is 0.273. The van der Waals surface area contributed by atoms with Gasteiger partial charge in [-0.3, -0.25) is 0 Å². The van der Waals surface area contributed by atoms with Crippen molar-refractivity contribution >= 4 is 63.7 Å². The van der Waals surface area contributed by atoms with Gasteiger partial charge in [-0.1, -0.05) is 48.5 Å². The largest absolute Gasteiger partial charge is 0.312 e. The van der Waals surface area contributed by atoms with E-state index in [1.54, 1.807) is 48.5 Å². The van der Waals surface area contributed by atoms with Crippen molar-refractivity contribution in [2.24, 2.45) is 0 Å². The summed E-state index contributed by atoms with van der Waals surface area (Å²) >= 11 is 9.53. The van der Waals surface area contributed by atoms with Crippen LogP contribution in [0.2, 0.25) is 0 Å². The van der Waals surface area contributed by atoms with Gasteiger partial charge in [-0.05, 0) is 120 Å². The molecule has 16 heteroatoms. The van der Waals surface area contributed by atoms with Crippen LogP contribution < -0.4 is 0 Å². The summed E-state index contributed by atoms with van der Waals surface area (Å²) in [5.41, 5.74) is 5.73. The standard InChI is InChI=1S/2C16H14O5S2.CH2Cl2/c2*17-22(18)15-9-11-1-2-12-4-6-14(8-7-13(15)5-3-11)16(10-12)23(19,20)21-22;2-1-3/h2*3-6,9-10H,1-2,7-8H2;1H2. The highest BCUT2D eigenvalue weighted by Gasteiger charge is 2.34. The van der Waals surface area contributed by atoms with Gasteiger partial charge in [0.25, 0.3) is 0 Å². The minimum atomic E-state index is -4.37. The van der Waals surface area contributed by atoms with Crippen molar-refractivity contribution < 1.29 is 40.9 Å². The molecule has 8 rings (SSSR count). The van der Waals surface area contributed by atoms with E-state index in [0.29, 0.717) is 73.6 Å². The molecule has 0 N–H and O–H groups in total. The molecule has 4 aliphatic heterocycles. The van der Waals surface area contributed by atoms with Crippen molar-refractivity contribution in [2.75, 3.05) is 5.34 Å². The van der Waals surface area contributed by atoms with E-state index in [2.05, 4.69) is 7.26 Å². The van der Waals surface area contributed by atoms with Gasteiger partial charge in [-0.2, -0.15) is 33.7 Å². The molecule has 0 fully saturated rings. The Bertz CT molecular complexity index is 2070. The van der Waals surface area contributed by atoms with Crippen LogP contribution in [0, 0.1) is 0 Å². The molecule has 0 spiro atoms. The minimum Gasteiger partial charge on any atom is -0.193 e. The molecule has 260 valence electrons. The fourth-order valence-corrected chi connectivity index (χ4v) is 12.5. The Kier molecular flexibility index (Phi) is 10.1. The van der Waals surface area contributed by atoms with Gasteiger partial charge >= 0.3 is 40.5 Å². The topological polar surface area (TPSA) is 155 Å². The zero-order chi connectivity index (χ0) is 35.2. The Morgan fingerprint density at radius 1 is 0.388 bits per heavy atom. The lowest BCUT2D eigenvalue weighted by molar-refractivity contribution is 0.458. The summed E-state index contributed by atoms with van der Waals surface area (Å²) < 4.78 is 109. The predicted molar refractivity (Wildman–Crippen MR) is 183 cm³/mol. The number of aryl methyl sites for hydroxylation is 8. The molecule has 0 radical (unpaired) electrons. The molecule has 0 aromatic heterocycles. The van der Waals surface area contributed by atoms with Crippen LogP contribution in [0.5, 0.6) is 0 Å². The lowest BCUT2D eigenvalue weighted by atomic mass is 9.96. The third-order valence-electron chi connectivity index (χ3n) is 8.69. The van der Waals surface area contributed by atoms with Gasteiger partial charge < -0.3 is 0 Å². The number of hydrogen-bond donors (Lipinski definition) is 0. The second-order valence-corrected chi connectivity index (χ2v) is 19.1. The highest BCUT2D eigenvalue weighted by atomic mass is 35.5. The van der Waals surface area contributed by atoms with Gasteiger partial charge in [-0.25, -0.2) is 0 Å². The number of hydrogen-bond acceptors (Lipinski definition) is 10. The molecule has 8 bridgehead atoms. The molecule has 10 nitrogen and oxygen atoms in total. The van der Waals surface area contributed by atoms with Gasteiger partial charge in [0.15, 0.2) is 0 Å². The summed E-state index contributed by atoms with van der Waals surface area (Å²) in [5, 5.41) is 0.194. The molecule has 0 aliphatic carbocycles. The average molecular weight is 786 g/mol. The third-order valence-corrected chi connectivity index (χ3v) is 15.2. The van der Waals surface area contributed by atoms with Crippen LogP contribution in [0.4, 0.5) is 0 Å². The summed E-state index contributed by atoms with van der Waals surface area (Å²) in [7, 11) is -17.5. The second kappa shape index (κ2) is 13.7. The molecule has 49 heavy (non-hydrogen) atoms.